The first kappa shape index (κ1) is 11.7. The van der Waals surface area contributed by atoms with Crippen molar-refractivity contribution in [3.63, 3.8) is 0 Å². The summed E-state index contributed by atoms with van der Waals surface area (Å²) < 4.78 is 0. The lowest BCUT2D eigenvalue weighted by molar-refractivity contribution is 0.136. The lowest BCUT2D eigenvalue weighted by Gasteiger charge is -2.37. The second-order valence-electron chi connectivity index (χ2n) is 4.74. The zero-order valence-electron chi connectivity index (χ0n) is 9.84. The van der Waals surface area contributed by atoms with Gasteiger partial charge in [0.1, 0.15) is 0 Å². The van der Waals surface area contributed by atoms with Crippen LogP contribution < -0.4 is 5.32 Å². The second kappa shape index (κ2) is 5.52. The van der Waals surface area contributed by atoms with Crippen molar-refractivity contribution in [3.05, 3.63) is 12.2 Å². The molecule has 0 radical (unpaired) electrons. The molecule has 0 amide bonds. The van der Waals surface area contributed by atoms with Gasteiger partial charge in [-0.3, -0.25) is 4.90 Å². The predicted molar refractivity (Wildman–Crippen MR) is 62.5 cm³/mol. The molecule has 2 unspecified atom stereocenters. The van der Waals surface area contributed by atoms with Crippen LogP contribution in [-0.4, -0.2) is 37.6 Å². The largest absolute Gasteiger partial charge is 0.316 e. The molecule has 2 atom stereocenters. The van der Waals surface area contributed by atoms with Crippen LogP contribution in [0.3, 0.4) is 0 Å². The maximum Gasteiger partial charge on any atom is 0.0205 e. The molecule has 0 aromatic rings. The van der Waals surface area contributed by atoms with Crippen LogP contribution in [0.15, 0.2) is 12.2 Å². The molecule has 2 nitrogen and oxygen atoms in total. The van der Waals surface area contributed by atoms with Gasteiger partial charge >= 0.3 is 0 Å². The van der Waals surface area contributed by atoms with Crippen molar-refractivity contribution >= 4 is 0 Å². The second-order valence-corrected chi connectivity index (χ2v) is 4.74. The highest BCUT2D eigenvalue weighted by molar-refractivity contribution is 5.00. The third kappa shape index (κ3) is 3.43. The van der Waals surface area contributed by atoms with Crippen molar-refractivity contribution in [2.75, 3.05) is 26.7 Å². The molecule has 1 heterocycles. The Bertz CT molecular complexity index is 189. The fraction of sp³-hybridized carbons (Fsp3) is 0.833. The molecular formula is C12H24N2. The Kier molecular flexibility index (Phi) is 4.63. The van der Waals surface area contributed by atoms with Gasteiger partial charge in [-0.05, 0) is 38.3 Å². The van der Waals surface area contributed by atoms with Crippen LogP contribution in [0.2, 0.25) is 0 Å². The summed E-state index contributed by atoms with van der Waals surface area (Å²) in [6.07, 6.45) is 2.73. The molecule has 82 valence electrons. The van der Waals surface area contributed by atoms with Gasteiger partial charge in [0.05, 0.1) is 0 Å². The molecule has 0 bridgehead atoms. The van der Waals surface area contributed by atoms with Crippen LogP contribution in [0.25, 0.3) is 0 Å². The van der Waals surface area contributed by atoms with E-state index in [1.165, 1.54) is 25.0 Å². The van der Waals surface area contributed by atoms with Gasteiger partial charge in [0.25, 0.3) is 0 Å². The van der Waals surface area contributed by atoms with E-state index in [1.54, 1.807) is 0 Å². The monoisotopic (exact) mass is 196 g/mol. The Morgan fingerprint density at radius 3 is 2.79 bits per heavy atom. The maximum atomic E-state index is 4.09. The highest BCUT2D eigenvalue weighted by Gasteiger charge is 2.22. The number of nitrogens with zero attached hydrogens (tertiary/aromatic N) is 1. The van der Waals surface area contributed by atoms with Gasteiger partial charge in [-0.1, -0.05) is 13.5 Å². The number of hydrogen-bond donors (Lipinski definition) is 1. The summed E-state index contributed by atoms with van der Waals surface area (Å²) in [6, 6.07) is 0.736. The van der Waals surface area contributed by atoms with Crippen molar-refractivity contribution in [1.29, 1.82) is 0 Å². The van der Waals surface area contributed by atoms with Gasteiger partial charge < -0.3 is 5.32 Å². The van der Waals surface area contributed by atoms with Gasteiger partial charge in [-0.15, -0.1) is 0 Å². The molecule has 1 rings (SSSR count). The van der Waals surface area contributed by atoms with Gasteiger partial charge in [-0.25, -0.2) is 0 Å². The summed E-state index contributed by atoms with van der Waals surface area (Å²) in [5.74, 6) is 0.855. The Labute approximate surface area is 88.4 Å². The van der Waals surface area contributed by atoms with Crippen LogP contribution in [0.5, 0.6) is 0 Å². The third-order valence-electron chi connectivity index (χ3n) is 3.10. The molecule has 1 aliphatic heterocycles. The maximum absolute atomic E-state index is 4.09. The number of likely N-dealkylation sites (N-methyl/N-ethyl adjacent to an activating group) is 1. The van der Waals surface area contributed by atoms with Gasteiger partial charge in [0.2, 0.25) is 0 Å². The highest BCUT2D eigenvalue weighted by atomic mass is 15.2. The summed E-state index contributed by atoms with van der Waals surface area (Å²) in [4.78, 5) is 2.56. The molecule has 1 aliphatic rings. The molecule has 0 aromatic carbocycles. The third-order valence-corrected chi connectivity index (χ3v) is 3.10. The first-order valence-corrected chi connectivity index (χ1v) is 5.68. The van der Waals surface area contributed by atoms with E-state index >= 15 is 0 Å². The van der Waals surface area contributed by atoms with E-state index in [0.29, 0.717) is 0 Å². The molecule has 0 spiro atoms. The van der Waals surface area contributed by atoms with Crippen LogP contribution in [0, 0.1) is 5.92 Å². The van der Waals surface area contributed by atoms with E-state index in [9.17, 15) is 0 Å². The van der Waals surface area contributed by atoms with E-state index in [4.69, 9.17) is 0 Å². The Morgan fingerprint density at radius 1 is 1.43 bits per heavy atom. The fourth-order valence-electron chi connectivity index (χ4n) is 2.19. The van der Waals surface area contributed by atoms with Gasteiger partial charge in [0.15, 0.2) is 0 Å². The van der Waals surface area contributed by atoms with E-state index in [0.717, 1.165) is 25.0 Å². The molecule has 0 aliphatic carbocycles. The minimum Gasteiger partial charge on any atom is -0.316 e. The van der Waals surface area contributed by atoms with Crippen molar-refractivity contribution in [3.8, 4) is 0 Å². The van der Waals surface area contributed by atoms with Crippen LogP contribution in [-0.2, 0) is 0 Å². The van der Waals surface area contributed by atoms with Crippen molar-refractivity contribution in [2.24, 2.45) is 5.92 Å². The highest BCUT2D eigenvalue weighted by Crippen LogP contribution is 2.21. The molecular weight excluding hydrogens is 172 g/mol. The van der Waals surface area contributed by atoms with Gasteiger partial charge in [-0.2, -0.15) is 0 Å². The summed E-state index contributed by atoms with van der Waals surface area (Å²) in [5, 5.41) is 3.16. The zero-order valence-corrected chi connectivity index (χ0v) is 9.84. The standard InChI is InChI=1S/C12H24N2/c1-10-5-6-12(3)14(8-10)9-11(2)7-13-4/h10,12-13H,2,5-9H2,1,3-4H3. The van der Waals surface area contributed by atoms with E-state index in [-0.39, 0.29) is 0 Å². The zero-order chi connectivity index (χ0) is 10.6. The number of piperidine rings is 1. The van der Waals surface area contributed by atoms with Crippen molar-refractivity contribution in [2.45, 2.75) is 32.7 Å². The average molecular weight is 196 g/mol. The van der Waals surface area contributed by atoms with E-state index in [1.807, 2.05) is 7.05 Å². The number of nitrogens with one attached hydrogen (secondary N) is 1. The summed E-state index contributed by atoms with van der Waals surface area (Å²) >= 11 is 0. The minimum atomic E-state index is 0.736. The molecule has 1 saturated heterocycles. The summed E-state index contributed by atoms with van der Waals surface area (Å²) in [7, 11) is 1.98. The Balaban J connectivity index is 2.37. The normalized spacial score (nSPS) is 29.1. The van der Waals surface area contributed by atoms with Crippen LogP contribution in [0.4, 0.5) is 0 Å². The first-order valence-electron chi connectivity index (χ1n) is 5.68. The molecule has 2 heteroatoms. The number of likely N-dealkylation sites (tertiary alicyclic amines) is 1. The minimum absolute atomic E-state index is 0.736. The molecule has 1 N–H and O–H groups in total. The molecule has 0 saturated carbocycles. The predicted octanol–water partition coefficient (Wildman–Crippen LogP) is 1.88. The lowest BCUT2D eigenvalue weighted by Crippen LogP contribution is -2.42. The van der Waals surface area contributed by atoms with Crippen molar-refractivity contribution in [1.82, 2.24) is 10.2 Å². The van der Waals surface area contributed by atoms with E-state index < -0.39 is 0 Å². The SMILES string of the molecule is C=C(CNC)CN1CC(C)CCC1C. The van der Waals surface area contributed by atoms with Gasteiger partial charge in [0, 0.05) is 25.7 Å². The van der Waals surface area contributed by atoms with Crippen LogP contribution >= 0.6 is 0 Å². The first-order chi connectivity index (χ1) is 6.63. The fourth-order valence-corrected chi connectivity index (χ4v) is 2.19. The van der Waals surface area contributed by atoms with E-state index in [2.05, 4.69) is 30.6 Å². The summed E-state index contributed by atoms with van der Waals surface area (Å²) in [6.45, 7) is 12.0. The average Bonchev–Trinajstić information content (AvgIpc) is 2.12. The smallest absolute Gasteiger partial charge is 0.0205 e. The number of hydrogen-bond acceptors (Lipinski definition) is 2. The Hall–Kier alpha value is -0.340. The molecule has 0 aromatic heterocycles. The molecule has 14 heavy (non-hydrogen) atoms. The number of rotatable bonds is 4. The Morgan fingerprint density at radius 2 is 2.14 bits per heavy atom. The summed E-state index contributed by atoms with van der Waals surface area (Å²) in [5.41, 5.74) is 1.30. The quantitative estimate of drug-likeness (QED) is 0.691. The lowest BCUT2D eigenvalue weighted by atomic mass is 9.94. The van der Waals surface area contributed by atoms with Crippen molar-refractivity contribution < 1.29 is 0 Å². The van der Waals surface area contributed by atoms with Crippen LogP contribution in [0.1, 0.15) is 26.7 Å². The topological polar surface area (TPSA) is 15.3 Å². The molecule has 1 fully saturated rings.